The minimum atomic E-state index is -0.157. The highest BCUT2D eigenvalue weighted by Gasteiger charge is 2.26. The minimum Gasteiger partial charge on any atom is -0.399 e. The molecule has 1 fully saturated rings. The zero-order valence-electron chi connectivity index (χ0n) is 9.57. The van der Waals surface area contributed by atoms with E-state index in [-0.39, 0.29) is 11.2 Å². The lowest BCUT2D eigenvalue weighted by molar-refractivity contribution is -0.120. The second-order valence-corrected chi connectivity index (χ2v) is 6.02. The van der Waals surface area contributed by atoms with Gasteiger partial charge in [-0.1, -0.05) is 11.6 Å². The number of nitrogen functional groups attached to an aromatic ring is 1. The number of carbonyl (C=O) groups excluding carboxylic acids is 1. The molecule has 0 aliphatic heterocycles. The van der Waals surface area contributed by atoms with Crippen molar-refractivity contribution >= 4 is 35.0 Å². The van der Waals surface area contributed by atoms with Gasteiger partial charge in [-0.05, 0) is 38.0 Å². The summed E-state index contributed by atoms with van der Waals surface area (Å²) in [6.07, 6.45) is 2.20. The van der Waals surface area contributed by atoms with Crippen LogP contribution in [0.5, 0.6) is 0 Å². The molecule has 0 radical (unpaired) electrons. The van der Waals surface area contributed by atoms with Crippen LogP contribution in [0.3, 0.4) is 0 Å². The molecule has 5 heteroatoms. The molecule has 1 aromatic rings. The second kappa shape index (κ2) is 5.19. The maximum Gasteiger partial charge on any atom is 0.233 e. The summed E-state index contributed by atoms with van der Waals surface area (Å²) in [5, 5.41) is 3.45. The molecule has 1 saturated carbocycles. The van der Waals surface area contributed by atoms with Gasteiger partial charge >= 0.3 is 0 Å². The number of rotatable bonds is 4. The van der Waals surface area contributed by atoms with E-state index in [4.69, 9.17) is 17.3 Å². The van der Waals surface area contributed by atoms with Gasteiger partial charge in [-0.25, -0.2) is 0 Å². The fraction of sp³-hybridized carbons (Fsp3) is 0.417. The van der Waals surface area contributed by atoms with E-state index in [9.17, 15) is 4.79 Å². The molecular weight excluding hydrogens is 256 g/mol. The first-order valence-electron chi connectivity index (χ1n) is 5.58. The molecule has 0 spiro atoms. The third kappa shape index (κ3) is 3.54. The van der Waals surface area contributed by atoms with Crippen LogP contribution in [0.25, 0.3) is 0 Å². The smallest absolute Gasteiger partial charge is 0.233 e. The highest BCUT2D eigenvalue weighted by Crippen LogP contribution is 2.32. The van der Waals surface area contributed by atoms with Crippen LogP contribution < -0.4 is 11.1 Å². The molecule has 1 unspecified atom stereocenters. The van der Waals surface area contributed by atoms with Gasteiger partial charge in [0.05, 0.1) is 10.3 Å². The number of amides is 1. The van der Waals surface area contributed by atoms with E-state index >= 15 is 0 Å². The first-order chi connectivity index (χ1) is 8.06. The van der Waals surface area contributed by atoms with Gasteiger partial charge in [0.1, 0.15) is 0 Å². The number of nitrogens with one attached hydrogen (secondary N) is 1. The molecule has 2 rings (SSSR count). The highest BCUT2D eigenvalue weighted by molar-refractivity contribution is 8.00. The number of hydrogen-bond acceptors (Lipinski definition) is 3. The Kier molecular flexibility index (Phi) is 3.84. The molecule has 92 valence electrons. The predicted octanol–water partition coefficient (Wildman–Crippen LogP) is 2.68. The van der Waals surface area contributed by atoms with E-state index in [1.807, 2.05) is 6.92 Å². The van der Waals surface area contributed by atoms with E-state index in [0.717, 1.165) is 17.7 Å². The fourth-order valence-electron chi connectivity index (χ4n) is 1.40. The Labute approximate surface area is 110 Å². The van der Waals surface area contributed by atoms with E-state index in [1.165, 1.54) is 11.8 Å². The molecule has 0 saturated heterocycles. The molecule has 3 N–H and O–H groups in total. The molecule has 1 aliphatic rings. The van der Waals surface area contributed by atoms with Gasteiger partial charge in [0.25, 0.3) is 0 Å². The topological polar surface area (TPSA) is 55.1 Å². The predicted molar refractivity (Wildman–Crippen MR) is 72.3 cm³/mol. The van der Waals surface area contributed by atoms with Gasteiger partial charge in [0.15, 0.2) is 0 Å². The normalized spacial score (nSPS) is 16.6. The van der Waals surface area contributed by atoms with Crippen LogP contribution in [0.4, 0.5) is 5.69 Å². The summed E-state index contributed by atoms with van der Waals surface area (Å²) in [6.45, 7) is 1.88. The Morgan fingerprint density at radius 1 is 1.59 bits per heavy atom. The molecule has 1 aromatic carbocycles. The van der Waals surface area contributed by atoms with Gasteiger partial charge in [-0.3, -0.25) is 4.79 Å². The maximum absolute atomic E-state index is 11.8. The van der Waals surface area contributed by atoms with E-state index in [0.29, 0.717) is 16.8 Å². The van der Waals surface area contributed by atoms with E-state index in [1.54, 1.807) is 18.2 Å². The van der Waals surface area contributed by atoms with Crippen LogP contribution in [0.15, 0.2) is 23.1 Å². The Morgan fingerprint density at radius 2 is 2.29 bits per heavy atom. The Balaban J connectivity index is 1.98. The SMILES string of the molecule is CC(Sc1cc(N)ccc1Cl)C(=O)NC1CC1. The number of benzene rings is 1. The van der Waals surface area contributed by atoms with Crippen molar-refractivity contribution in [3.05, 3.63) is 23.2 Å². The summed E-state index contributed by atoms with van der Waals surface area (Å²) in [7, 11) is 0. The molecular formula is C12H15ClN2OS. The van der Waals surface area contributed by atoms with Gasteiger partial charge in [0, 0.05) is 16.6 Å². The summed E-state index contributed by atoms with van der Waals surface area (Å²) >= 11 is 7.49. The van der Waals surface area contributed by atoms with Crippen molar-refractivity contribution in [2.75, 3.05) is 5.73 Å². The van der Waals surface area contributed by atoms with Crippen molar-refractivity contribution in [1.29, 1.82) is 0 Å². The van der Waals surface area contributed by atoms with Crippen molar-refractivity contribution in [3.63, 3.8) is 0 Å². The lowest BCUT2D eigenvalue weighted by atomic mass is 10.3. The lowest BCUT2D eigenvalue weighted by Crippen LogP contribution is -2.32. The van der Waals surface area contributed by atoms with Crippen LogP contribution >= 0.6 is 23.4 Å². The number of anilines is 1. The van der Waals surface area contributed by atoms with Crippen LogP contribution in [0, 0.1) is 0 Å². The second-order valence-electron chi connectivity index (χ2n) is 4.23. The van der Waals surface area contributed by atoms with Crippen LogP contribution in [-0.2, 0) is 4.79 Å². The Bertz CT molecular complexity index is 435. The fourth-order valence-corrected chi connectivity index (χ4v) is 2.59. The number of hydrogen-bond donors (Lipinski definition) is 2. The Hall–Kier alpha value is -0.870. The van der Waals surface area contributed by atoms with Crippen molar-refractivity contribution in [1.82, 2.24) is 5.32 Å². The van der Waals surface area contributed by atoms with Crippen molar-refractivity contribution in [2.24, 2.45) is 0 Å². The van der Waals surface area contributed by atoms with Gasteiger partial charge in [-0.2, -0.15) is 0 Å². The quantitative estimate of drug-likeness (QED) is 0.653. The number of nitrogens with two attached hydrogens (primary N) is 1. The average molecular weight is 271 g/mol. The highest BCUT2D eigenvalue weighted by atomic mass is 35.5. The standard InChI is InChI=1S/C12H15ClN2OS/c1-7(12(16)15-9-3-4-9)17-11-6-8(14)2-5-10(11)13/h2,5-7,9H,3-4,14H2,1H3,(H,15,16). The summed E-state index contributed by atoms with van der Waals surface area (Å²) in [6, 6.07) is 5.70. The molecule has 0 heterocycles. The zero-order valence-corrected chi connectivity index (χ0v) is 11.1. The summed E-state index contributed by atoms with van der Waals surface area (Å²) < 4.78 is 0. The lowest BCUT2D eigenvalue weighted by Gasteiger charge is -2.12. The maximum atomic E-state index is 11.8. The summed E-state index contributed by atoms with van der Waals surface area (Å²) in [5.41, 5.74) is 6.36. The molecule has 1 amide bonds. The number of halogens is 1. The van der Waals surface area contributed by atoms with Gasteiger partial charge < -0.3 is 11.1 Å². The number of thioether (sulfide) groups is 1. The largest absolute Gasteiger partial charge is 0.399 e. The monoisotopic (exact) mass is 270 g/mol. The van der Waals surface area contributed by atoms with Crippen LogP contribution in [-0.4, -0.2) is 17.2 Å². The summed E-state index contributed by atoms with van der Waals surface area (Å²) in [4.78, 5) is 12.6. The molecule has 17 heavy (non-hydrogen) atoms. The summed E-state index contributed by atoms with van der Waals surface area (Å²) in [5.74, 6) is 0.0657. The van der Waals surface area contributed by atoms with Gasteiger partial charge in [0.2, 0.25) is 5.91 Å². The Morgan fingerprint density at radius 3 is 2.94 bits per heavy atom. The van der Waals surface area contributed by atoms with Crippen molar-refractivity contribution in [3.8, 4) is 0 Å². The van der Waals surface area contributed by atoms with E-state index < -0.39 is 0 Å². The average Bonchev–Trinajstić information content (AvgIpc) is 3.07. The molecule has 0 bridgehead atoms. The third-order valence-electron chi connectivity index (χ3n) is 2.55. The zero-order chi connectivity index (χ0) is 12.4. The van der Waals surface area contributed by atoms with Crippen LogP contribution in [0.1, 0.15) is 19.8 Å². The first kappa shape index (κ1) is 12.6. The van der Waals surface area contributed by atoms with Crippen molar-refractivity contribution in [2.45, 2.75) is 36.0 Å². The molecule has 0 aromatic heterocycles. The van der Waals surface area contributed by atoms with Crippen molar-refractivity contribution < 1.29 is 4.79 Å². The number of carbonyl (C=O) groups is 1. The van der Waals surface area contributed by atoms with Crippen LogP contribution in [0.2, 0.25) is 5.02 Å². The molecule has 1 aliphatic carbocycles. The first-order valence-corrected chi connectivity index (χ1v) is 6.84. The molecule has 3 nitrogen and oxygen atoms in total. The van der Waals surface area contributed by atoms with Gasteiger partial charge in [-0.15, -0.1) is 11.8 Å². The van der Waals surface area contributed by atoms with E-state index in [2.05, 4.69) is 5.32 Å². The molecule has 1 atom stereocenters. The third-order valence-corrected chi connectivity index (χ3v) is 4.15. The minimum absolute atomic E-state index is 0.0657.